The summed E-state index contributed by atoms with van der Waals surface area (Å²) in [5, 5.41) is 5.59. The molecule has 3 heterocycles. The van der Waals surface area contributed by atoms with Crippen LogP contribution in [0.5, 0.6) is 0 Å². The maximum atomic E-state index is 12.7. The molecule has 6 nitrogen and oxygen atoms in total. The molecule has 0 saturated carbocycles. The minimum absolute atomic E-state index is 0.0968. The number of thiophene rings is 1. The molecule has 1 fully saturated rings. The molecule has 0 aliphatic carbocycles. The first kappa shape index (κ1) is 20.0. The number of hydrogen-bond donors (Lipinski definition) is 0. The van der Waals surface area contributed by atoms with Gasteiger partial charge in [-0.2, -0.15) is 22.5 Å². The standard InChI is InChI=1S/C18H16F3N3O3S2/c19-18(20,21)14-5-3-12(4-6-14)16-22-17(27-23-16)13-7-9-24(10-8-13)29(25,26)15-2-1-11-28-15/h1-6,11,13H,7-10H2. The van der Waals surface area contributed by atoms with Gasteiger partial charge >= 0.3 is 6.18 Å². The van der Waals surface area contributed by atoms with E-state index >= 15 is 0 Å². The zero-order valence-electron chi connectivity index (χ0n) is 15.0. The van der Waals surface area contributed by atoms with E-state index in [4.69, 9.17) is 4.52 Å². The van der Waals surface area contributed by atoms with Crippen LogP contribution >= 0.6 is 11.3 Å². The van der Waals surface area contributed by atoms with Gasteiger partial charge in [0.25, 0.3) is 10.0 Å². The SMILES string of the molecule is O=S(=O)(c1cccs1)N1CCC(c2nc(-c3ccc(C(F)(F)F)cc3)no2)CC1. The third-order valence-corrected chi connectivity index (χ3v) is 8.08. The second-order valence-corrected chi connectivity index (χ2v) is 9.75. The van der Waals surface area contributed by atoms with Crippen LogP contribution < -0.4 is 0 Å². The molecule has 0 N–H and O–H groups in total. The summed E-state index contributed by atoms with van der Waals surface area (Å²) in [5.41, 5.74) is -0.324. The second kappa shape index (κ2) is 7.54. The molecule has 154 valence electrons. The van der Waals surface area contributed by atoms with Gasteiger partial charge in [0.15, 0.2) is 0 Å². The number of nitrogens with zero attached hydrogens (tertiary/aromatic N) is 3. The third-order valence-electron chi connectivity index (χ3n) is 4.80. The fourth-order valence-electron chi connectivity index (χ4n) is 3.21. The highest BCUT2D eigenvalue weighted by Gasteiger charge is 2.33. The Bertz CT molecular complexity index is 1070. The lowest BCUT2D eigenvalue weighted by Gasteiger charge is -2.29. The van der Waals surface area contributed by atoms with Gasteiger partial charge in [-0.15, -0.1) is 11.3 Å². The molecular weight excluding hydrogens is 427 g/mol. The maximum Gasteiger partial charge on any atom is 0.416 e. The topological polar surface area (TPSA) is 76.3 Å². The zero-order chi connectivity index (χ0) is 20.6. The smallest absolute Gasteiger partial charge is 0.339 e. The average molecular weight is 443 g/mol. The molecule has 1 aromatic carbocycles. The molecule has 3 aromatic rings. The van der Waals surface area contributed by atoms with Crippen LogP contribution in [0.1, 0.15) is 30.2 Å². The summed E-state index contributed by atoms with van der Waals surface area (Å²) in [4.78, 5) is 4.31. The Morgan fingerprint density at radius 3 is 2.38 bits per heavy atom. The van der Waals surface area contributed by atoms with Gasteiger partial charge in [0, 0.05) is 24.6 Å². The predicted octanol–water partition coefficient (Wildman–Crippen LogP) is 4.39. The lowest BCUT2D eigenvalue weighted by Crippen LogP contribution is -2.37. The van der Waals surface area contributed by atoms with Crippen LogP contribution in [0.2, 0.25) is 0 Å². The number of benzene rings is 1. The Morgan fingerprint density at radius 2 is 1.79 bits per heavy atom. The minimum Gasteiger partial charge on any atom is -0.339 e. The van der Waals surface area contributed by atoms with E-state index in [0.29, 0.717) is 41.6 Å². The molecule has 0 radical (unpaired) electrons. The normalized spacial score (nSPS) is 16.9. The lowest BCUT2D eigenvalue weighted by molar-refractivity contribution is -0.137. The molecule has 1 aliphatic heterocycles. The monoisotopic (exact) mass is 443 g/mol. The number of rotatable bonds is 4. The van der Waals surface area contributed by atoms with Gasteiger partial charge in [0.05, 0.1) is 5.56 Å². The summed E-state index contributed by atoms with van der Waals surface area (Å²) < 4.78 is 70.3. The van der Waals surface area contributed by atoms with Crippen LogP contribution in [-0.2, 0) is 16.2 Å². The Morgan fingerprint density at radius 1 is 1.10 bits per heavy atom. The number of halogens is 3. The molecule has 4 rings (SSSR count). The van der Waals surface area contributed by atoms with Crippen LogP contribution in [0.25, 0.3) is 11.4 Å². The molecule has 1 saturated heterocycles. The molecule has 1 aliphatic rings. The Hall–Kier alpha value is -2.24. The Balaban J connectivity index is 1.43. The van der Waals surface area contributed by atoms with E-state index in [1.807, 2.05) is 0 Å². The third kappa shape index (κ3) is 4.07. The highest BCUT2D eigenvalue weighted by Crippen LogP contribution is 2.33. The van der Waals surface area contributed by atoms with E-state index in [-0.39, 0.29) is 11.7 Å². The fourth-order valence-corrected chi connectivity index (χ4v) is 5.82. The van der Waals surface area contributed by atoms with Crippen molar-refractivity contribution in [1.82, 2.24) is 14.4 Å². The molecule has 0 amide bonds. The summed E-state index contributed by atoms with van der Waals surface area (Å²) in [6.07, 6.45) is -3.35. The molecule has 0 unspecified atom stereocenters. The van der Waals surface area contributed by atoms with Crippen molar-refractivity contribution in [1.29, 1.82) is 0 Å². The van der Waals surface area contributed by atoms with Gasteiger partial charge in [-0.25, -0.2) is 8.42 Å². The van der Waals surface area contributed by atoms with E-state index < -0.39 is 21.8 Å². The molecular formula is C18H16F3N3O3S2. The average Bonchev–Trinajstić information content (AvgIpc) is 3.40. The minimum atomic E-state index is -4.40. The molecule has 29 heavy (non-hydrogen) atoms. The first-order chi connectivity index (χ1) is 13.7. The van der Waals surface area contributed by atoms with Gasteiger partial charge in [0.1, 0.15) is 4.21 Å². The summed E-state index contributed by atoms with van der Waals surface area (Å²) in [6.45, 7) is 0.672. The highest BCUT2D eigenvalue weighted by atomic mass is 32.2. The van der Waals surface area contributed by atoms with E-state index in [1.54, 1.807) is 17.5 Å². The zero-order valence-corrected chi connectivity index (χ0v) is 16.6. The van der Waals surface area contributed by atoms with Crippen LogP contribution in [-0.4, -0.2) is 36.0 Å². The quantitative estimate of drug-likeness (QED) is 0.598. The molecule has 2 aromatic heterocycles. The first-order valence-electron chi connectivity index (χ1n) is 8.80. The first-order valence-corrected chi connectivity index (χ1v) is 11.1. The molecule has 11 heteroatoms. The van der Waals surface area contributed by atoms with Crippen molar-refractivity contribution in [3.63, 3.8) is 0 Å². The van der Waals surface area contributed by atoms with Crippen molar-refractivity contribution in [3.8, 4) is 11.4 Å². The van der Waals surface area contributed by atoms with E-state index in [0.717, 1.165) is 12.1 Å². The van der Waals surface area contributed by atoms with Crippen LogP contribution in [0, 0.1) is 0 Å². The number of hydrogen-bond acceptors (Lipinski definition) is 6. The largest absolute Gasteiger partial charge is 0.416 e. The van der Waals surface area contributed by atoms with Gasteiger partial charge in [-0.05, 0) is 36.4 Å². The van der Waals surface area contributed by atoms with Gasteiger partial charge in [-0.3, -0.25) is 0 Å². The van der Waals surface area contributed by atoms with Crippen molar-refractivity contribution in [2.75, 3.05) is 13.1 Å². The number of alkyl halides is 3. The maximum absolute atomic E-state index is 12.7. The summed E-state index contributed by atoms with van der Waals surface area (Å²) >= 11 is 1.18. The highest BCUT2D eigenvalue weighted by molar-refractivity contribution is 7.91. The van der Waals surface area contributed by atoms with Crippen LogP contribution in [0.4, 0.5) is 13.2 Å². The fraction of sp³-hybridized carbons (Fsp3) is 0.333. The number of aromatic nitrogens is 2. The summed E-state index contributed by atoms with van der Waals surface area (Å²) in [7, 11) is -3.48. The van der Waals surface area contributed by atoms with Crippen molar-refractivity contribution < 1.29 is 26.1 Å². The number of sulfonamides is 1. The number of piperidine rings is 1. The molecule has 0 atom stereocenters. The van der Waals surface area contributed by atoms with Crippen molar-refractivity contribution >= 4 is 21.4 Å². The van der Waals surface area contributed by atoms with Gasteiger partial charge in [0.2, 0.25) is 11.7 Å². The summed E-state index contributed by atoms with van der Waals surface area (Å²) in [5.74, 6) is 0.482. The molecule has 0 spiro atoms. The summed E-state index contributed by atoms with van der Waals surface area (Å²) in [6, 6.07) is 7.83. The second-order valence-electron chi connectivity index (χ2n) is 6.64. The Labute approximate surface area is 169 Å². The van der Waals surface area contributed by atoms with E-state index in [1.165, 1.54) is 27.8 Å². The van der Waals surface area contributed by atoms with Crippen molar-refractivity contribution in [2.45, 2.75) is 29.1 Å². The molecule has 0 bridgehead atoms. The van der Waals surface area contributed by atoms with Crippen LogP contribution in [0.3, 0.4) is 0 Å². The van der Waals surface area contributed by atoms with Crippen LogP contribution in [0.15, 0.2) is 50.5 Å². The van der Waals surface area contributed by atoms with Gasteiger partial charge < -0.3 is 4.52 Å². The Kier molecular flexibility index (Phi) is 5.21. The predicted molar refractivity (Wildman–Crippen MR) is 99.8 cm³/mol. The lowest BCUT2D eigenvalue weighted by atomic mass is 9.98. The van der Waals surface area contributed by atoms with E-state index in [9.17, 15) is 21.6 Å². The van der Waals surface area contributed by atoms with E-state index in [2.05, 4.69) is 10.1 Å². The van der Waals surface area contributed by atoms with Gasteiger partial charge in [-0.1, -0.05) is 23.4 Å². The van der Waals surface area contributed by atoms with Crippen molar-refractivity contribution in [2.24, 2.45) is 0 Å². The van der Waals surface area contributed by atoms with Crippen molar-refractivity contribution in [3.05, 3.63) is 53.2 Å².